The summed E-state index contributed by atoms with van der Waals surface area (Å²) in [5, 5.41) is 11.2. The van der Waals surface area contributed by atoms with Gasteiger partial charge in [0.15, 0.2) is 0 Å². The smallest absolute Gasteiger partial charge is 0.322 e. The molecule has 0 saturated carbocycles. The Balaban J connectivity index is 1.44. The SMILES string of the molecule is O=C1NC(=O)C(c2cccc(Nc3ncc(Br)c(NCCc4cnc[nH]4)n3)c2)N1. The Morgan fingerprint density at radius 1 is 1.21 bits per heavy atom. The van der Waals surface area contributed by atoms with Crippen LogP contribution in [0, 0.1) is 0 Å². The van der Waals surface area contributed by atoms with Gasteiger partial charge in [-0.1, -0.05) is 12.1 Å². The molecule has 0 radical (unpaired) electrons. The number of aromatic nitrogens is 4. The maximum absolute atomic E-state index is 11.9. The number of aromatic amines is 1. The fourth-order valence-corrected chi connectivity index (χ4v) is 3.20. The van der Waals surface area contributed by atoms with Gasteiger partial charge in [0, 0.05) is 36.7 Å². The Hall–Kier alpha value is -3.47. The number of nitrogens with zero attached hydrogens (tertiary/aromatic N) is 3. The number of hydrogen-bond acceptors (Lipinski definition) is 7. The van der Waals surface area contributed by atoms with E-state index in [1.807, 2.05) is 6.07 Å². The van der Waals surface area contributed by atoms with Gasteiger partial charge in [0.25, 0.3) is 5.91 Å². The normalized spacial score (nSPS) is 15.7. The molecule has 3 amide bonds. The zero-order valence-electron chi connectivity index (χ0n) is 15.1. The third-order valence-electron chi connectivity index (χ3n) is 4.24. The summed E-state index contributed by atoms with van der Waals surface area (Å²) < 4.78 is 0.742. The Bertz CT molecular complexity index is 1040. The summed E-state index contributed by atoms with van der Waals surface area (Å²) in [5.74, 6) is 0.672. The van der Waals surface area contributed by atoms with Crippen molar-refractivity contribution in [2.24, 2.45) is 0 Å². The molecule has 0 aliphatic carbocycles. The van der Waals surface area contributed by atoms with Crippen LogP contribution in [0.4, 0.5) is 22.2 Å². The molecule has 1 saturated heterocycles. The molecule has 11 heteroatoms. The van der Waals surface area contributed by atoms with Crippen molar-refractivity contribution in [3.05, 3.63) is 58.7 Å². The number of hydrogen-bond donors (Lipinski definition) is 5. The predicted molar refractivity (Wildman–Crippen MR) is 110 cm³/mol. The second kappa shape index (κ2) is 8.27. The maximum atomic E-state index is 11.9. The molecule has 1 aromatic carbocycles. The Morgan fingerprint density at radius 2 is 2.10 bits per heavy atom. The minimum absolute atomic E-state index is 0.379. The average molecular weight is 457 g/mol. The van der Waals surface area contributed by atoms with Crippen molar-refractivity contribution >= 4 is 45.3 Å². The molecule has 1 unspecified atom stereocenters. The molecule has 1 atom stereocenters. The zero-order chi connectivity index (χ0) is 20.2. The molecule has 2 aromatic heterocycles. The lowest BCUT2D eigenvalue weighted by atomic mass is 10.1. The molecule has 29 heavy (non-hydrogen) atoms. The number of carbonyl (C=O) groups is 2. The monoisotopic (exact) mass is 456 g/mol. The Labute approximate surface area is 174 Å². The van der Waals surface area contributed by atoms with E-state index < -0.39 is 12.1 Å². The molecule has 5 N–H and O–H groups in total. The van der Waals surface area contributed by atoms with E-state index in [2.05, 4.69) is 57.1 Å². The lowest BCUT2D eigenvalue weighted by Crippen LogP contribution is -2.22. The number of carbonyl (C=O) groups excluding carboxylic acids is 2. The molecule has 0 spiro atoms. The minimum Gasteiger partial charge on any atom is -0.369 e. The van der Waals surface area contributed by atoms with Crippen LogP contribution < -0.4 is 21.3 Å². The summed E-state index contributed by atoms with van der Waals surface area (Å²) in [6, 6.07) is 5.95. The Morgan fingerprint density at radius 3 is 2.86 bits per heavy atom. The highest BCUT2D eigenvalue weighted by atomic mass is 79.9. The first-order valence-electron chi connectivity index (χ1n) is 8.80. The van der Waals surface area contributed by atoms with Crippen molar-refractivity contribution in [1.29, 1.82) is 0 Å². The van der Waals surface area contributed by atoms with Crippen molar-refractivity contribution in [3.63, 3.8) is 0 Å². The van der Waals surface area contributed by atoms with E-state index in [0.717, 1.165) is 16.6 Å². The Kier molecular flexibility index (Phi) is 5.38. The first-order chi connectivity index (χ1) is 14.1. The number of rotatable bonds is 7. The maximum Gasteiger partial charge on any atom is 0.322 e. The van der Waals surface area contributed by atoms with Gasteiger partial charge in [0.2, 0.25) is 5.95 Å². The molecular formula is C18H17BrN8O2. The number of imidazole rings is 1. The number of urea groups is 1. The van der Waals surface area contributed by atoms with Gasteiger partial charge in [-0.3, -0.25) is 10.1 Å². The van der Waals surface area contributed by atoms with E-state index in [9.17, 15) is 9.59 Å². The van der Waals surface area contributed by atoms with Gasteiger partial charge in [0.05, 0.1) is 10.8 Å². The number of amides is 3. The number of halogens is 1. The van der Waals surface area contributed by atoms with Crippen LogP contribution in [-0.2, 0) is 11.2 Å². The van der Waals surface area contributed by atoms with Gasteiger partial charge in [-0.25, -0.2) is 14.8 Å². The molecule has 1 fully saturated rings. The third-order valence-corrected chi connectivity index (χ3v) is 4.82. The number of benzene rings is 1. The van der Waals surface area contributed by atoms with Crippen molar-refractivity contribution in [2.75, 3.05) is 17.2 Å². The van der Waals surface area contributed by atoms with Gasteiger partial charge in [-0.05, 0) is 33.6 Å². The fourth-order valence-electron chi connectivity index (χ4n) is 2.86. The van der Waals surface area contributed by atoms with Gasteiger partial charge < -0.3 is 20.9 Å². The summed E-state index contributed by atoms with van der Waals surface area (Å²) in [5.41, 5.74) is 2.39. The number of anilines is 3. The van der Waals surface area contributed by atoms with Crippen LogP contribution >= 0.6 is 15.9 Å². The van der Waals surface area contributed by atoms with Gasteiger partial charge in [0.1, 0.15) is 11.9 Å². The molecule has 10 nitrogen and oxygen atoms in total. The average Bonchev–Trinajstić information content (AvgIpc) is 3.33. The van der Waals surface area contributed by atoms with E-state index in [1.165, 1.54) is 0 Å². The molecule has 3 aromatic rings. The van der Waals surface area contributed by atoms with Crippen LogP contribution in [0.2, 0.25) is 0 Å². The highest BCUT2D eigenvalue weighted by Crippen LogP contribution is 2.24. The van der Waals surface area contributed by atoms with Crippen molar-refractivity contribution in [2.45, 2.75) is 12.5 Å². The summed E-state index contributed by atoms with van der Waals surface area (Å²) in [7, 11) is 0. The summed E-state index contributed by atoms with van der Waals surface area (Å²) in [6.07, 6.45) is 5.86. The molecule has 1 aliphatic rings. The quantitative estimate of drug-likeness (QED) is 0.343. The van der Waals surface area contributed by atoms with Crippen molar-refractivity contribution < 1.29 is 9.59 Å². The number of H-pyrrole nitrogens is 1. The van der Waals surface area contributed by atoms with Crippen LogP contribution in [0.25, 0.3) is 0 Å². The standard InChI is InChI=1S/C18H17BrN8O2/c19-13-8-22-17(26-15(13)21-5-4-12-7-20-9-23-12)24-11-3-1-2-10(6-11)14-16(28)27-18(29)25-14/h1-3,6-9,14H,4-5H2,(H,20,23)(H2,21,22,24,26)(H2,25,27,28,29). The summed E-state index contributed by atoms with van der Waals surface area (Å²) >= 11 is 3.44. The second-order valence-corrected chi connectivity index (χ2v) is 7.14. The summed E-state index contributed by atoms with van der Waals surface area (Å²) in [6.45, 7) is 0.670. The van der Waals surface area contributed by atoms with E-state index >= 15 is 0 Å². The minimum atomic E-state index is -0.713. The van der Waals surface area contributed by atoms with E-state index in [4.69, 9.17) is 0 Å². The van der Waals surface area contributed by atoms with Crippen LogP contribution in [0.5, 0.6) is 0 Å². The van der Waals surface area contributed by atoms with Crippen molar-refractivity contribution in [3.8, 4) is 0 Å². The highest BCUT2D eigenvalue weighted by Gasteiger charge is 2.30. The fraction of sp³-hybridized carbons (Fsp3) is 0.167. The van der Waals surface area contributed by atoms with Crippen LogP contribution in [0.15, 0.2) is 47.5 Å². The van der Waals surface area contributed by atoms with Gasteiger partial charge in [-0.15, -0.1) is 0 Å². The van der Waals surface area contributed by atoms with E-state index in [-0.39, 0.29) is 5.91 Å². The lowest BCUT2D eigenvalue weighted by Gasteiger charge is -2.12. The van der Waals surface area contributed by atoms with Gasteiger partial charge >= 0.3 is 6.03 Å². The first kappa shape index (κ1) is 18.9. The first-order valence-corrected chi connectivity index (χ1v) is 9.60. The van der Waals surface area contributed by atoms with Crippen LogP contribution in [-0.4, -0.2) is 38.4 Å². The van der Waals surface area contributed by atoms with Crippen molar-refractivity contribution in [1.82, 2.24) is 30.6 Å². The number of imide groups is 1. The topological polar surface area (TPSA) is 137 Å². The second-order valence-electron chi connectivity index (χ2n) is 6.29. The molecule has 0 bridgehead atoms. The summed E-state index contributed by atoms with van der Waals surface area (Å²) in [4.78, 5) is 39.0. The third kappa shape index (κ3) is 4.51. The molecule has 4 rings (SSSR count). The molecule has 3 heterocycles. The van der Waals surface area contributed by atoms with Gasteiger partial charge in [-0.2, -0.15) is 4.98 Å². The molecule has 148 valence electrons. The van der Waals surface area contributed by atoms with E-state index in [1.54, 1.807) is 36.9 Å². The number of nitrogens with one attached hydrogen (secondary N) is 5. The van der Waals surface area contributed by atoms with Crippen LogP contribution in [0.1, 0.15) is 17.3 Å². The molecule has 1 aliphatic heterocycles. The predicted octanol–water partition coefficient (Wildman–Crippen LogP) is 2.24. The lowest BCUT2D eigenvalue weighted by molar-refractivity contribution is -0.120. The molecular weight excluding hydrogens is 440 g/mol. The largest absolute Gasteiger partial charge is 0.369 e. The highest BCUT2D eigenvalue weighted by molar-refractivity contribution is 9.10. The zero-order valence-corrected chi connectivity index (χ0v) is 16.7. The van der Waals surface area contributed by atoms with Crippen LogP contribution in [0.3, 0.4) is 0 Å². The van der Waals surface area contributed by atoms with E-state index in [0.29, 0.717) is 29.6 Å².